The van der Waals surface area contributed by atoms with Crippen molar-refractivity contribution in [1.82, 2.24) is 9.44 Å². The van der Waals surface area contributed by atoms with Crippen LogP contribution >= 0.6 is 0 Å². The number of hydrogen-bond donors (Lipinski definition) is 2. The molecule has 13 heavy (non-hydrogen) atoms. The molecule has 5 nitrogen and oxygen atoms in total. The van der Waals surface area contributed by atoms with Gasteiger partial charge in [0.1, 0.15) is 0 Å². The van der Waals surface area contributed by atoms with Gasteiger partial charge >= 0.3 is 0 Å². The molecule has 0 fully saturated rings. The summed E-state index contributed by atoms with van der Waals surface area (Å²) in [6.07, 6.45) is 1.47. The topological polar surface area (TPSA) is 67.4 Å². The summed E-state index contributed by atoms with van der Waals surface area (Å²) in [4.78, 5) is 0. The van der Waals surface area contributed by atoms with Crippen molar-refractivity contribution in [2.24, 2.45) is 0 Å². The Kier molecular flexibility index (Phi) is 7.16. The van der Waals surface area contributed by atoms with Crippen LogP contribution in [0.15, 0.2) is 0 Å². The van der Waals surface area contributed by atoms with E-state index in [2.05, 4.69) is 9.44 Å². The van der Waals surface area contributed by atoms with Crippen LogP contribution in [0.2, 0.25) is 0 Å². The summed E-state index contributed by atoms with van der Waals surface area (Å²) in [5.41, 5.74) is 0. The minimum Gasteiger partial charge on any atom is -0.385 e. The zero-order valence-corrected chi connectivity index (χ0v) is 8.99. The van der Waals surface area contributed by atoms with Crippen LogP contribution in [0.25, 0.3) is 0 Å². The van der Waals surface area contributed by atoms with Crippen LogP contribution in [0.4, 0.5) is 0 Å². The molecule has 0 aromatic rings. The van der Waals surface area contributed by atoms with Crippen molar-refractivity contribution in [2.75, 3.05) is 26.8 Å². The van der Waals surface area contributed by atoms with E-state index in [1.807, 2.05) is 6.92 Å². The van der Waals surface area contributed by atoms with Crippen molar-refractivity contribution < 1.29 is 13.2 Å². The number of ether oxygens (including phenoxy) is 1. The molecule has 0 aliphatic heterocycles. The van der Waals surface area contributed by atoms with E-state index in [1.165, 1.54) is 0 Å². The molecule has 0 saturated heterocycles. The summed E-state index contributed by atoms with van der Waals surface area (Å²) >= 11 is 0. The summed E-state index contributed by atoms with van der Waals surface area (Å²) in [7, 11) is -1.69. The predicted octanol–water partition coefficient (Wildman–Crippen LogP) is -0.143. The third-order valence-electron chi connectivity index (χ3n) is 1.36. The van der Waals surface area contributed by atoms with E-state index in [-0.39, 0.29) is 0 Å². The van der Waals surface area contributed by atoms with Gasteiger partial charge in [0.15, 0.2) is 0 Å². The maximum atomic E-state index is 11.1. The highest BCUT2D eigenvalue weighted by atomic mass is 32.2. The second-order valence-corrected chi connectivity index (χ2v) is 4.22. The molecule has 0 aliphatic rings. The first-order chi connectivity index (χ1) is 6.12. The van der Waals surface area contributed by atoms with Gasteiger partial charge in [0.2, 0.25) is 0 Å². The summed E-state index contributed by atoms with van der Waals surface area (Å²) in [6, 6.07) is 0. The molecule has 0 rings (SSSR count). The van der Waals surface area contributed by atoms with E-state index in [1.54, 1.807) is 7.11 Å². The normalized spacial score (nSPS) is 11.8. The van der Waals surface area contributed by atoms with Gasteiger partial charge in [-0.05, 0) is 12.8 Å². The van der Waals surface area contributed by atoms with Gasteiger partial charge in [-0.2, -0.15) is 8.42 Å². The van der Waals surface area contributed by atoms with Crippen LogP contribution in [0.3, 0.4) is 0 Å². The summed E-state index contributed by atoms with van der Waals surface area (Å²) in [5.74, 6) is 0. The second-order valence-electron chi connectivity index (χ2n) is 2.64. The summed E-state index contributed by atoms with van der Waals surface area (Å²) in [5, 5.41) is 0. The van der Waals surface area contributed by atoms with Gasteiger partial charge in [0.05, 0.1) is 0 Å². The lowest BCUT2D eigenvalue weighted by Crippen LogP contribution is -2.37. The highest BCUT2D eigenvalue weighted by Crippen LogP contribution is 1.82. The van der Waals surface area contributed by atoms with Crippen molar-refractivity contribution in [3.8, 4) is 0 Å². The molecule has 0 unspecified atom stereocenters. The first-order valence-electron chi connectivity index (χ1n) is 4.35. The first kappa shape index (κ1) is 12.8. The average molecular weight is 210 g/mol. The molecule has 6 heteroatoms. The lowest BCUT2D eigenvalue weighted by molar-refractivity contribution is 0.196. The number of rotatable bonds is 8. The minimum absolute atomic E-state index is 0.410. The van der Waals surface area contributed by atoms with Gasteiger partial charge in [-0.1, -0.05) is 6.92 Å². The Morgan fingerprint density at radius 1 is 1.23 bits per heavy atom. The molecular formula is C7H18N2O3S. The van der Waals surface area contributed by atoms with Crippen LogP contribution in [0, 0.1) is 0 Å². The number of nitrogens with one attached hydrogen (secondary N) is 2. The lowest BCUT2D eigenvalue weighted by Gasteiger charge is -2.06. The molecule has 0 spiro atoms. The van der Waals surface area contributed by atoms with Crippen molar-refractivity contribution in [3.63, 3.8) is 0 Å². The molecule has 0 aromatic carbocycles. The first-order valence-corrected chi connectivity index (χ1v) is 5.84. The molecule has 0 aromatic heterocycles. The SMILES string of the molecule is CCCNS(=O)(=O)NCCCOC. The smallest absolute Gasteiger partial charge is 0.276 e. The highest BCUT2D eigenvalue weighted by molar-refractivity contribution is 7.87. The van der Waals surface area contributed by atoms with E-state index in [0.29, 0.717) is 26.1 Å². The monoisotopic (exact) mass is 210 g/mol. The Morgan fingerprint density at radius 3 is 2.38 bits per heavy atom. The molecule has 0 radical (unpaired) electrons. The summed E-state index contributed by atoms with van der Waals surface area (Å²) in [6.45, 7) is 3.36. The zero-order valence-electron chi connectivity index (χ0n) is 8.17. The standard InChI is InChI=1S/C7H18N2O3S/c1-3-5-8-13(10,11)9-6-4-7-12-2/h8-9H,3-7H2,1-2H3. The Bertz CT molecular complexity index is 204. The van der Waals surface area contributed by atoms with E-state index in [4.69, 9.17) is 4.74 Å². The van der Waals surface area contributed by atoms with Crippen molar-refractivity contribution in [2.45, 2.75) is 19.8 Å². The average Bonchev–Trinajstić information content (AvgIpc) is 2.09. The Hall–Kier alpha value is -0.170. The molecule has 0 heterocycles. The van der Waals surface area contributed by atoms with Crippen LogP contribution < -0.4 is 9.44 Å². The van der Waals surface area contributed by atoms with E-state index in [0.717, 1.165) is 6.42 Å². The van der Waals surface area contributed by atoms with Crippen molar-refractivity contribution in [1.29, 1.82) is 0 Å². The third kappa shape index (κ3) is 8.17. The molecule has 0 amide bonds. The van der Waals surface area contributed by atoms with Crippen LogP contribution in [0.5, 0.6) is 0 Å². The highest BCUT2D eigenvalue weighted by Gasteiger charge is 2.05. The Morgan fingerprint density at radius 2 is 1.85 bits per heavy atom. The molecule has 2 N–H and O–H groups in total. The molecule has 0 bridgehead atoms. The van der Waals surface area contributed by atoms with Gasteiger partial charge in [0.25, 0.3) is 10.2 Å². The van der Waals surface area contributed by atoms with Crippen molar-refractivity contribution in [3.05, 3.63) is 0 Å². The quantitative estimate of drug-likeness (QED) is 0.548. The van der Waals surface area contributed by atoms with Crippen molar-refractivity contribution >= 4 is 10.2 Å². The largest absolute Gasteiger partial charge is 0.385 e. The maximum absolute atomic E-state index is 11.1. The zero-order chi connectivity index (χ0) is 10.2. The lowest BCUT2D eigenvalue weighted by atomic mass is 10.5. The fourth-order valence-corrected chi connectivity index (χ4v) is 1.70. The van der Waals surface area contributed by atoms with Gasteiger partial charge in [-0.25, -0.2) is 9.44 Å². The third-order valence-corrected chi connectivity index (χ3v) is 2.53. The predicted molar refractivity (Wildman–Crippen MR) is 51.7 cm³/mol. The molecule has 0 saturated carbocycles. The molecule has 0 atom stereocenters. The van der Waals surface area contributed by atoms with Gasteiger partial charge in [-0.15, -0.1) is 0 Å². The molecule has 80 valence electrons. The maximum Gasteiger partial charge on any atom is 0.276 e. The minimum atomic E-state index is -3.28. The van der Waals surface area contributed by atoms with Crippen LogP contribution in [-0.4, -0.2) is 35.2 Å². The second kappa shape index (κ2) is 7.25. The van der Waals surface area contributed by atoms with Crippen LogP contribution in [0.1, 0.15) is 19.8 Å². The van der Waals surface area contributed by atoms with E-state index < -0.39 is 10.2 Å². The molecule has 0 aliphatic carbocycles. The Balaban J connectivity index is 3.52. The fraction of sp³-hybridized carbons (Fsp3) is 1.00. The summed E-state index contributed by atoms with van der Waals surface area (Å²) < 4.78 is 31.8. The van der Waals surface area contributed by atoms with E-state index >= 15 is 0 Å². The number of hydrogen-bond acceptors (Lipinski definition) is 3. The molecular weight excluding hydrogens is 192 g/mol. The number of methoxy groups -OCH3 is 1. The van der Waals surface area contributed by atoms with Gasteiger partial charge < -0.3 is 4.74 Å². The van der Waals surface area contributed by atoms with Crippen LogP contribution in [-0.2, 0) is 14.9 Å². The Labute approximate surface area is 80.0 Å². The van der Waals surface area contributed by atoms with Gasteiger partial charge in [-0.3, -0.25) is 0 Å². The van der Waals surface area contributed by atoms with Gasteiger partial charge in [0, 0.05) is 26.8 Å². The fourth-order valence-electron chi connectivity index (χ4n) is 0.710. The van der Waals surface area contributed by atoms with E-state index in [9.17, 15) is 8.42 Å².